The minimum absolute atomic E-state index is 0.0692. The maximum Gasteiger partial charge on any atom is 0.266 e. The normalized spacial score (nSPS) is 18.8. The van der Waals surface area contributed by atoms with Gasteiger partial charge in [0.25, 0.3) is 11.8 Å². The Morgan fingerprint density at radius 2 is 1.09 bits per heavy atom. The molecular weight excluding hydrogens is 541 g/mol. The van der Waals surface area contributed by atoms with Crippen LogP contribution in [0.4, 0.5) is 0 Å². The standard InChI is InChI=1S/C24H16N2O2S6/c27-21-19(9-17-5-7-31-13-17)33-23(29)25(21)11-15-1-2-16(4-3-15)12-26-22(28)20(34-24(26)30)10-18-6-8-32-14-18/h1-10,13-14H,11-12H2/b19-9-,20-10-. The zero-order valence-electron chi connectivity index (χ0n) is 17.5. The highest BCUT2D eigenvalue weighted by atomic mass is 32.2. The highest BCUT2D eigenvalue weighted by Gasteiger charge is 2.33. The van der Waals surface area contributed by atoms with Gasteiger partial charge >= 0.3 is 0 Å². The number of amides is 2. The molecule has 2 amide bonds. The lowest BCUT2D eigenvalue weighted by atomic mass is 10.1. The van der Waals surface area contributed by atoms with E-state index in [1.54, 1.807) is 32.5 Å². The zero-order chi connectivity index (χ0) is 23.7. The van der Waals surface area contributed by atoms with Gasteiger partial charge in [-0.05, 0) is 68.1 Å². The van der Waals surface area contributed by atoms with Crippen LogP contribution in [0.15, 0.2) is 67.7 Å². The second-order valence-corrected chi connectivity index (χ2v) is 12.4. The summed E-state index contributed by atoms with van der Waals surface area (Å²) in [5, 5.41) is 7.97. The third kappa shape index (κ3) is 5.12. The smallest absolute Gasteiger partial charge is 0.266 e. The molecule has 0 aliphatic carbocycles. The van der Waals surface area contributed by atoms with Crippen molar-refractivity contribution in [2.45, 2.75) is 13.1 Å². The lowest BCUT2D eigenvalue weighted by Gasteiger charge is -2.17. The molecule has 2 aliphatic rings. The van der Waals surface area contributed by atoms with Crippen LogP contribution in [0.3, 0.4) is 0 Å². The average Bonchev–Trinajstić information content (AvgIpc) is 3.61. The molecule has 4 nitrogen and oxygen atoms in total. The summed E-state index contributed by atoms with van der Waals surface area (Å²) in [4.78, 5) is 30.2. The Morgan fingerprint density at radius 3 is 1.44 bits per heavy atom. The Bertz CT molecular complexity index is 1220. The van der Waals surface area contributed by atoms with Crippen molar-refractivity contribution in [2.75, 3.05) is 0 Å². The molecule has 2 aromatic heterocycles. The van der Waals surface area contributed by atoms with E-state index in [9.17, 15) is 9.59 Å². The number of hydrogen-bond acceptors (Lipinski definition) is 8. The SMILES string of the molecule is O=C1/C(=C/c2ccsc2)SC(=S)N1Cc1ccc(CN2C(=O)/C(=C/c3ccsc3)SC2=S)cc1. The number of thiocarbonyl (C=S) groups is 2. The molecule has 10 heteroatoms. The number of hydrogen-bond donors (Lipinski definition) is 0. The van der Waals surface area contributed by atoms with Crippen molar-refractivity contribution in [2.24, 2.45) is 0 Å². The van der Waals surface area contributed by atoms with E-state index < -0.39 is 0 Å². The summed E-state index contributed by atoms with van der Waals surface area (Å²) in [5.41, 5.74) is 3.96. The Labute approximate surface area is 224 Å². The van der Waals surface area contributed by atoms with Gasteiger partial charge in [0.2, 0.25) is 0 Å². The second kappa shape index (κ2) is 10.3. The van der Waals surface area contributed by atoms with Gasteiger partial charge in [-0.3, -0.25) is 19.4 Å². The number of rotatable bonds is 6. The lowest BCUT2D eigenvalue weighted by Crippen LogP contribution is -2.28. The molecular formula is C24H16N2O2S6. The van der Waals surface area contributed by atoms with Gasteiger partial charge in [0.1, 0.15) is 8.64 Å². The van der Waals surface area contributed by atoms with Crippen molar-refractivity contribution in [1.82, 2.24) is 9.80 Å². The topological polar surface area (TPSA) is 40.6 Å². The zero-order valence-corrected chi connectivity index (χ0v) is 22.4. The fraction of sp³-hybridized carbons (Fsp3) is 0.0833. The van der Waals surface area contributed by atoms with Crippen LogP contribution in [0.2, 0.25) is 0 Å². The van der Waals surface area contributed by atoms with E-state index in [1.165, 1.54) is 23.5 Å². The molecule has 0 atom stereocenters. The Morgan fingerprint density at radius 1 is 0.676 bits per heavy atom. The Hall–Kier alpha value is -2.08. The first-order valence-corrected chi connectivity index (χ1v) is 14.4. The molecule has 170 valence electrons. The van der Waals surface area contributed by atoms with Crippen LogP contribution in [-0.4, -0.2) is 30.3 Å². The summed E-state index contributed by atoms with van der Waals surface area (Å²) in [7, 11) is 0. The van der Waals surface area contributed by atoms with Gasteiger partial charge in [-0.15, -0.1) is 0 Å². The first-order chi connectivity index (χ1) is 16.5. The minimum atomic E-state index is -0.0692. The van der Waals surface area contributed by atoms with Crippen LogP contribution in [-0.2, 0) is 22.7 Å². The lowest BCUT2D eigenvalue weighted by molar-refractivity contribution is -0.123. The fourth-order valence-corrected chi connectivity index (χ4v) is 7.15. The van der Waals surface area contributed by atoms with Crippen LogP contribution in [0.1, 0.15) is 22.3 Å². The third-order valence-electron chi connectivity index (χ3n) is 5.13. The van der Waals surface area contributed by atoms with Gasteiger partial charge in [0.15, 0.2) is 0 Å². The van der Waals surface area contributed by atoms with Crippen molar-refractivity contribution >= 4 is 103 Å². The van der Waals surface area contributed by atoms with E-state index in [2.05, 4.69) is 0 Å². The van der Waals surface area contributed by atoms with E-state index in [1.807, 2.05) is 70.1 Å². The highest BCUT2D eigenvalue weighted by molar-refractivity contribution is 8.27. The third-order valence-corrected chi connectivity index (χ3v) is 9.29. The molecule has 0 bridgehead atoms. The summed E-state index contributed by atoms with van der Waals surface area (Å²) >= 11 is 16.8. The van der Waals surface area contributed by atoms with E-state index in [4.69, 9.17) is 24.4 Å². The molecule has 0 spiro atoms. The number of thioether (sulfide) groups is 2. The van der Waals surface area contributed by atoms with Crippen LogP contribution in [0.25, 0.3) is 12.2 Å². The summed E-state index contributed by atoms with van der Waals surface area (Å²) in [5.74, 6) is -0.138. The molecule has 0 saturated carbocycles. The quantitative estimate of drug-likeness (QED) is 0.251. The molecule has 5 rings (SSSR count). The van der Waals surface area contributed by atoms with Crippen molar-refractivity contribution in [3.8, 4) is 0 Å². The van der Waals surface area contributed by atoms with Gasteiger partial charge in [0, 0.05) is 0 Å². The fourth-order valence-electron chi connectivity index (χ4n) is 3.40. The van der Waals surface area contributed by atoms with E-state index in [-0.39, 0.29) is 11.8 Å². The average molecular weight is 557 g/mol. The number of thiophene rings is 2. The molecule has 2 saturated heterocycles. The predicted molar refractivity (Wildman–Crippen MR) is 153 cm³/mol. The van der Waals surface area contributed by atoms with Crippen LogP contribution >= 0.6 is 70.6 Å². The predicted octanol–water partition coefficient (Wildman–Crippen LogP) is 6.61. The van der Waals surface area contributed by atoms with Crippen LogP contribution < -0.4 is 0 Å². The molecule has 0 N–H and O–H groups in total. The van der Waals surface area contributed by atoms with Crippen molar-refractivity contribution in [3.05, 3.63) is 90.0 Å². The number of carbonyl (C=O) groups is 2. The Kier molecular flexibility index (Phi) is 7.14. The first-order valence-electron chi connectivity index (χ1n) is 10.1. The molecule has 0 unspecified atom stereocenters. The van der Waals surface area contributed by atoms with E-state index in [0.29, 0.717) is 31.5 Å². The summed E-state index contributed by atoms with van der Waals surface area (Å²) in [6, 6.07) is 11.8. The van der Waals surface area contributed by atoms with Crippen molar-refractivity contribution in [1.29, 1.82) is 0 Å². The first kappa shape index (κ1) is 23.7. The van der Waals surface area contributed by atoms with Gasteiger partial charge in [0.05, 0.1) is 22.9 Å². The Balaban J connectivity index is 1.24. The number of carbonyl (C=O) groups excluding carboxylic acids is 2. The molecule has 34 heavy (non-hydrogen) atoms. The van der Waals surface area contributed by atoms with Gasteiger partial charge in [-0.25, -0.2) is 0 Å². The summed E-state index contributed by atoms with van der Waals surface area (Å²) < 4.78 is 1.12. The maximum atomic E-state index is 12.8. The second-order valence-electron chi connectivity index (χ2n) is 7.47. The summed E-state index contributed by atoms with van der Waals surface area (Å²) in [6.45, 7) is 0.826. The highest BCUT2D eigenvalue weighted by Crippen LogP contribution is 2.35. The van der Waals surface area contributed by atoms with Gasteiger partial charge < -0.3 is 0 Å². The largest absolute Gasteiger partial charge is 0.288 e. The van der Waals surface area contributed by atoms with Crippen LogP contribution in [0, 0.1) is 0 Å². The molecule has 2 fully saturated rings. The van der Waals surface area contributed by atoms with Crippen LogP contribution in [0.5, 0.6) is 0 Å². The van der Waals surface area contributed by atoms with Gasteiger partial charge in [-0.2, -0.15) is 22.7 Å². The summed E-state index contributed by atoms with van der Waals surface area (Å²) in [6.07, 6.45) is 3.77. The molecule has 3 aromatic rings. The molecule has 4 heterocycles. The number of benzene rings is 1. The molecule has 1 aromatic carbocycles. The minimum Gasteiger partial charge on any atom is -0.288 e. The molecule has 2 aliphatic heterocycles. The van der Waals surface area contributed by atoms with Gasteiger partial charge in [-0.1, -0.05) is 72.2 Å². The van der Waals surface area contributed by atoms with Crippen molar-refractivity contribution in [3.63, 3.8) is 0 Å². The number of nitrogens with zero attached hydrogens (tertiary/aromatic N) is 2. The molecule has 0 radical (unpaired) electrons. The van der Waals surface area contributed by atoms with Crippen molar-refractivity contribution < 1.29 is 9.59 Å². The monoisotopic (exact) mass is 556 g/mol. The van der Waals surface area contributed by atoms with E-state index >= 15 is 0 Å². The van der Waals surface area contributed by atoms with E-state index in [0.717, 1.165) is 22.3 Å². The maximum absolute atomic E-state index is 12.8.